The van der Waals surface area contributed by atoms with Gasteiger partial charge in [0, 0.05) is 17.7 Å². The molecular weight excluding hydrogens is 500 g/mol. The zero-order valence-corrected chi connectivity index (χ0v) is 20.3. The normalized spacial score (nSPS) is 30.5. The summed E-state index contributed by atoms with van der Waals surface area (Å²) in [6, 6.07) is 2.70. The Balaban J connectivity index is 1.59. The summed E-state index contributed by atoms with van der Waals surface area (Å²) in [6.07, 6.45) is 1.18. The van der Waals surface area contributed by atoms with Crippen LogP contribution in [0.4, 0.5) is 5.69 Å². The molecule has 38 heavy (non-hydrogen) atoms. The number of primary amides is 1. The van der Waals surface area contributed by atoms with Crippen molar-refractivity contribution in [3.63, 3.8) is 0 Å². The average Bonchev–Trinajstić information content (AvgIpc) is 3.38. The second-order valence-electron chi connectivity index (χ2n) is 10.1. The quantitative estimate of drug-likeness (QED) is 0.284. The molecule has 3 aliphatic carbocycles. The van der Waals surface area contributed by atoms with E-state index in [1.165, 1.54) is 43.4 Å². The number of nitrogens with zero attached hydrogens (tertiary/aromatic N) is 2. The highest BCUT2D eigenvalue weighted by Gasteiger charge is 2.69. The smallest absolute Gasteiger partial charge is 0.294 e. The Hall–Kier alpha value is -4.23. The van der Waals surface area contributed by atoms with E-state index in [4.69, 9.17) is 10.3 Å². The fraction of sp³-hybridized carbons (Fsp3) is 0.400. The minimum Gasteiger partial charge on any atom is -0.507 e. The number of anilines is 1. The average molecular weight is 524 g/mol. The number of phenolic OH excluding ortho intramolecular Hbond substituents is 1. The third kappa shape index (κ3) is 3.42. The first-order chi connectivity index (χ1) is 17.9. The molecule has 198 valence electrons. The van der Waals surface area contributed by atoms with Crippen LogP contribution in [0.2, 0.25) is 0 Å². The maximum atomic E-state index is 13.8. The van der Waals surface area contributed by atoms with E-state index in [-0.39, 0.29) is 35.4 Å². The van der Waals surface area contributed by atoms with E-state index >= 15 is 0 Å². The first kappa shape index (κ1) is 25.4. The second kappa shape index (κ2) is 8.67. The van der Waals surface area contributed by atoms with Gasteiger partial charge in [0.1, 0.15) is 5.75 Å². The molecule has 1 heterocycles. The molecular formula is C25H24N4O9. The number of nitrogens with two attached hydrogens (primary N) is 1. The van der Waals surface area contributed by atoms with Crippen LogP contribution < -0.4 is 11.1 Å². The van der Waals surface area contributed by atoms with Crippen LogP contribution in [0.25, 0.3) is 0 Å². The Bertz CT molecular complexity index is 1420. The summed E-state index contributed by atoms with van der Waals surface area (Å²) in [5.74, 6) is -12.2. The minimum atomic E-state index is -2.80. The molecule has 0 radical (unpaired) electrons. The first-order valence-corrected chi connectivity index (χ1v) is 11.8. The van der Waals surface area contributed by atoms with Gasteiger partial charge in [0.25, 0.3) is 5.91 Å². The number of carbonyl (C=O) groups is 6. The van der Waals surface area contributed by atoms with Gasteiger partial charge in [-0.15, -0.1) is 0 Å². The lowest BCUT2D eigenvalue weighted by Crippen LogP contribution is -2.74. The molecule has 2 fully saturated rings. The Morgan fingerprint density at radius 2 is 1.87 bits per heavy atom. The van der Waals surface area contributed by atoms with Gasteiger partial charge in [-0.25, -0.2) is 0 Å². The molecule has 3 unspecified atom stereocenters. The first-order valence-electron chi connectivity index (χ1n) is 11.8. The predicted octanol–water partition coefficient (Wildman–Crippen LogP) is -0.893. The van der Waals surface area contributed by atoms with Gasteiger partial charge in [0.15, 0.2) is 34.7 Å². The molecule has 0 saturated heterocycles. The summed E-state index contributed by atoms with van der Waals surface area (Å²) < 4.78 is 4.85. The Labute approximate surface area is 214 Å². The molecule has 0 bridgehead atoms. The Kier molecular flexibility index (Phi) is 5.80. The molecule has 2 saturated carbocycles. The summed E-state index contributed by atoms with van der Waals surface area (Å²) in [5.41, 5.74) is 2.72. The number of hydrogen-bond donors (Lipinski definition) is 4. The number of likely N-dealkylation sites (N-methyl/N-ethyl adjacent to an activating group) is 1. The van der Waals surface area contributed by atoms with Gasteiger partial charge >= 0.3 is 0 Å². The highest BCUT2D eigenvalue weighted by Crippen LogP contribution is 2.51. The third-order valence-electron chi connectivity index (χ3n) is 7.85. The van der Waals surface area contributed by atoms with Gasteiger partial charge in [-0.2, -0.15) is 0 Å². The van der Waals surface area contributed by atoms with E-state index in [9.17, 15) is 39.0 Å². The molecule has 2 amide bonds. The number of nitrogens with one attached hydrogen (secondary N) is 1. The lowest BCUT2D eigenvalue weighted by atomic mass is 9.52. The van der Waals surface area contributed by atoms with Crippen LogP contribution in [-0.2, 0) is 25.6 Å². The van der Waals surface area contributed by atoms with Crippen molar-refractivity contribution in [3.8, 4) is 5.75 Å². The van der Waals surface area contributed by atoms with Gasteiger partial charge in [0.05, 0.1) is 23.7 Å². The van der Waals surface area contributed by atoms with Crippen molar-refractivity contribution in [1.29, 1.82) is 0 Å². The molecule has 0 spiro atoms. The largest absolute Gasteiger partial charge is 0.507 e. The summed E-state index contributed by atoms with van der Waals surface area (Å²) in [6.45, 7) is 0. The summed E-state index contributed by atoms with van der Waals surface area (Å²) in [7, 11) is 3.01. The molecule has 3 aliphatic rings. The maximum Gasteiger partial charge on any atom is 0.294 e. The van der Waals surface area contributed by atoms with E-state index in [2.05, 4.69) is 10.5 Å². The van der Waals surface area contributed by atoms with Gasteiger partial charge in [-0.05, 0) is 50.6 Å². The summed E-state index contributed by atoms with van der Waals surface area (Å²) in [4.78, 5) is 79.8. The van der Waals surface area contributed by atoms with Crippen LogP contribution >= 0.6 is 0 Å². The molecule has 6 atom stereocenters. The number of Topliss-reactive ketones (excluding diaryl/α,β-unsaturated/α-hetero) is 4. The van der Waals surface area contributed by atoms with E-state index in [1.807, 2.05) is 0 Å². The number of aliphatic hydroxyl groups is 1. The number of fused-ring (bicyclic) bond motifs is 3. The standard InChI is InChI=1S/C25H24N4O9/c1-29(2)18-11-8-9-7-10-12(28-24(36)14-5-6-27-38-14)3-4-13(30)16(10)19(31)15(9)21(33)25(11,37)22(34)17(20(18)32)23(26)35/h3-6,9,11,15,17-18,30,37H,7-8H2,1-2H3,(H2,26,35)(H,28,36)/t9-,11-,15?,17?,18?,25-/m1/s1. The topological polar surface area (TPSA) is 210 Å². The number of phenols is 1. The highest BCUT2D eigenvalue weighted by atomic mass is 16.5. The fourth-order valence-electron chi connectivity index (χ4n) is 6.24. The van der Waals surface area contributed by atoms with Gasteiger partial charge in [0.2, 0.25) is 11.7 Å². The molecule has 0 aliphatic heterocycles. The van der Waals surface area contributed by atoms with Crippen molar-refractivity contribution in [2.75, 3.05) is 19.4 Å². The van der Waals surface area contributed by atoms with Crippen LogP contribution in [0, 0.1) is 23.7 Å². The van der Waals surface area contributed by atoms with Crippen LogP contribution in [0.3, 0.4) is 0 Å². The number of aromatic nitrogens is 1. The van der Waals surface area contributed by atoms with E-state index in [0.717, 1.165) is 0 Å². The zero-order chi connectivity index (χ0) is 27.7. The van der Waals surface area contributed by atoms with Crippen molar-refractivity contribution < 1.29 is 43.5 Å². The van der Waals surface area contributed by atoms with E-state index in [0.29, 0.717) is 0 Å². The predicted molar refractivity (Wildman–Crippen MR) is 126 cm³/mol. The molecule has 1 aromatic carbocycles. The lowest BCUT2D eigenvalue weighted by molar-refractivity contribution is -0.181. The Morgan fingerprint density at radius 3 is 2.47 bits per heavy atom. The minimum absolute atomic E-state index is 0.00621. The monoisotopic (exact) mass is 524 g/mol. The van der Waals surface area contributed by atoms with Crippen LogP contribution in [0.15, 0.2) is 28.9 Å². The molecule has 13 heteroatoms. The number of benzene rings is 1. The second-order valence-corrected chi connectivity index (χ2v) is 10.1. The van der Waals surface area contributed by atoms with Gasteiger partial charge in [-0.3, -0.25) is 33.7 Å². The summed E-state index contributed by atoms with van der Waals surface area (Å²) in [5, 5.41) is 28.2. The molecule has 1 aromatic heterocycles. The third-order valence-corrected chi connectivity index (χ3v) is 7.85. The zero-order valence-electron chi connectivity index (χ0n) is 20.3. The van der Waals surface area contributed by atoms with Crippen LogP contribution in [-0.4, -0.2) is 81.0 Å². The molecule has 2 aromatic rings. The lowest BCUT2D eigenvalue weighted by Gasteiger charge is -2.52. The van der Waals surface area contributed by atoms with Gasteiger partial charge in [-0.1, -0.05) is 5.16 Å². The van der Waals surface area contributed by atoms with Crippen molar-refractivity contribution in [2.45, 2.75) is 24.5 Å². The van der Waals surface area contributed by atoms with Crippen molar-refractivity contribution in [2.24, 2.45) is 29.4 Å². The van der Waals surface area contributed by atoms with Crippen LogP contribution in [0.5, 0.6) is 5.75 Å². The van der Waals surface area contributed by atoms with E-state index < -0.39 is 76.0 Å². The number of aromatic hydroxyl groups is 1. The number of rotatable bonds is 4. The Morgan fingerprint density at radius 1 is 1.16 bits per heavy atom. The van der Waals surface area contributed by atoms with Gasteiger partial charge < -0.3 is 25.8 Å². The highest BCUT2D eigenvalue weighted by molar-refractivity contribution is 6.32. The summed E-state index contributed by atoms with van der Waals surface area (Å²) >= 11 is 0. The molecule has 5 rings (SSSR count). The number of ketones is 4. The SMILES string of the molecule is CN(C)C1C(=O)C(C(N)=O)C(=O)[C@]2(O)C(=O)C3C(=O)c4c(O)ccc(NC(=O)c5ccno5)c4C[C@@H]3C[C@H]12. The van der Waals surface area contributed by atoms with Crippen LogP contribution in [0.1, 0.15) is 32.9 Å². The molecule has 5 N–H and O–H groups in total. The molecule has 13 nitrogen and oxygen atoms in total. The number of hydrogen-bond acceptors (Lipinski definition) is 11. The van der Waals surface area contributed by atoms with Crippen molar-refractivity contribution in [3.05, 3.63) is 41.3 Å². The van der Waals surface area contributed by atoms with Crippen molar-refractivity contribution >= 4 is 40.6 Å². The van der Waals surface area contributed by atoms with E-state index in [1.54, 1.807) is 0 Å². The number of amides is 2. The fourth-order valence-corrected chi connectivity index (χ4v) is 6.24. The maximum absolute atomic E-state index is 13.8. The number of carbonyl (C=O) groups excluding carboxylic acids is 6. The van der Waals surface area contributed by atoms with Crippen molar-refractivity contribution in [1.82, 2.24) is 10.1 Å².